The molecular formula is C17H14F3N8O-. The Morgan fingerprint density at radius 2 is 1.69 bits per heavy atom. The summed E-state index contributed by atoms with van der Waals surface area (Å²) in [5.41, 5.74) is 21.1. The third-order valence-corrected chi connectivity index (χ3v) is 3.43. The SMILES string of the molecule is N=C(N)Cc1ccc(-c2ncn(-c3ccc(OC(F)(F)F)cc3)n2)cc1.[N-]=[N+]=[N-]. The van der Waals surface area contributed by atoms with Gasteiger partial charge in [0.15, 0.2) is 5.82 Å². The minimum absolute atomic E-state index is 0.0816. The van der Waals surface area contributed by atoms with Crippen LogP contribution in [-0.4, -0.2) is 27.0 Å². The number of halogens is 3. The maximum atomic E-state index is 12.2. The second-order valence-corrected chi connectivity index (χ2v) is 5.54. The average molecular weight is 403 g/mol. The number of nitrogens with one attached hydrogen (secondary N) is 1. The van der Waals surface area contributed by atoms with Crippen LogP contribution in [0.15, 0.2) is 54.9 Å². The summed E-state index contributed by atoms with van der Waals surface area (Å²) in [6.07, 6.45) is -2.89. The lowest BCUT2D eigenvalue weighted by molar-refractivity contribution is -0.274. The van der Waals surface area contributed by atoms with Crippen molar-refractivity contribution in [3.8, 4) is 22.8 Å². The monoisotopic (exact) mass is 403 g/mol. The van der Waals surface area contributed by atoms with Crippen molar-refractivity contribution in [2.24, 2.45) is 5.73 Å². The van der Waals surface area contributed by atoms with E-state index in [1.165, 1.54) is 40.2 Å². The maximum absolute atomic E-state index is 12.2. The Bertz CT molecular complexity index is 991. The summed E-state index contributed by atoms with van der Waals surface area (Å²) >= 11 is 0. The fraction of sp³-hybridized carbons (Fsp3) is 0.118. The van der Waals surface area contributed by atoms with E-state index in [4.69, 9.17) is 22.2 Å². The molecule has 0 aliphatic heterocycles. The van der Waals surface area contributed by atoms with Crippen LogP contribution in [-0.2, 0) is 6.42 Å². The van der Waals surface area contributed by atoms with E-state index in [-0.39, 0.29) is 11.6 Å². The number of hydrogen-bond donors (Lipinski definition) is 2. The molecule has 2 aromatic carbocycles. The van der Waals surface area contributed by atoms with Gasteiger partial charge in [0.05, 0.1) is 11.5 Å². The molecule has 3 N–H and O–H groups in total. The van der Waals surface area contributed by atoms with Crippen molar-refractivity contribution >= 4 is 5.84 Å². The van der Waals surface area contributed by atoms with Gasteiger partial charge in [-0.2, -0.15) is 0 Å². The van der Waals surface area contributed by atoms with Gasteiger partial charge in [-0.15, -0.1) is 18.3 Å². The molecule has 0 bridgehead atoms. The van der Waals surface area contributed by atoms with Crippen LogP contribution in [0, 0.1) is 5.41 Å². The Hall–Kier alpha value is -4.05. The van der Waals surface area contributed by atoms with E-state index in [2.05, 4.69) is 14.8 Å². The second kappa shape index (κ2) is 9.24. The smallest absolute Gasteiger partial charge is 0.406 e. The molecule has 0 saturated heterocycles. The van der Waals surface area contributed by atoms with Crippen LogP contribution in [0.25, 0.3) is 33.0 Å². The van der Waals surface area contributed by atoms with Crippen LogP contribution in [0.3, 0.4) is 0 Å². The Balaban J connectivity index is 0.000000941. The van der Waals surface area contributed by atoms with E-state index in [1.54, 1.807) is 0 Å². The van der Waals surface area contributed by atoms with Crippen molar-refractivity contribution in [1.29, 1.82) is 5.41 Å². The molecule has 3 rings (SSSR count). The summed E-state index contributed by atoms with van der Waals surface area (Å²) in [5.74, 6) is 0.246. The number of alkyl halides is 3. The minimum atomic E-state index is -4.73. The summed E-state index contributed by atoms with van der Waals surface area (Å²) in [4.78, 5) is 5.71. The Labute approximate surface area is 162 Å². The zero-order valence-electron chi connectivity index (χ0n) is 14.7. The van der Waals surface area contributed by atoms with Gasteiger partial charge >= 0.3 is 6.36 Å². The number of nitrogens with zero attached hydrogens (tertiary/aromatic N) is 6. The molecule has 0 fully saturated rings. The van der Waals surface area contributed by atoms with Gasteiger partial charge in [-0.25, -0.2) is 9.67 Å². The molecule has 9 nitrogen and oxygen atoms in total. The molecule has 0 radical (unpaired) electrons. The molecule has 0 amide bonds. The van der Waals surface area contributed by atoms with Crippen LogP contribution in [0.4, 0.5) is 13.2 Å². The lowest BCUT2D eigenvalue weighted by Crippen LogP contribution is -2.17. The van der Waals surface area contributed by atoms with Gasteiger partial charge in [0, 0.05) is 12.0 Å². The predicted molar refractivity (Wildman–Crippen MR) is 99.2 cm³/mol. The third kappa shape index (κ3) is 6.56. The van der Waals surface area contributed by atoms with Crippen molar-refractivity contribution in [3.63, 3.8) is 0 Å². The molecule has 0 unspecified atom stereocenters. The van der Waals surface area contributed by atoms with Crippen LogP contribution in [0.2, 0.25) is 0 Å². The standard InChI is InChI=1S/C17H14F3N5O.N3/c18-17(19,20)26-14-7-5-13(6-8-14)25-10-23-16(24-25)12-3-1-11(2-4-12)9-15(21)22;1-3-2/h1-8,10H,9H2,(H3,21,22);/q;-1. The number of aromatic nitrogens is 3. The molecule has 29 heavy (non-hydrogen) atoms. The highest BCUT2D eigenvalue weighted by Crippen LogP contribution is 2.24. The molecule has 3 aromatic rings. The highest BCUT2D eigenvalue weighted by molar-refractivity contribution is 5.79. The molecule has 0 aliphatic rings. The summed E-state index contributed by atoms with van der Waals surface area (Å²) < 4.78 is 41.8. The molecule has 150 valence electrons. The molecule has 1 heterocycles. The lowest BCUT2D eigenvalue weighted by atomic mass is 10.1. The first kappa shape index (κ1) is 21.3. The van der Waals surface area contributed by atoms with Crippen molar-refractivity contribution < 1.29 is 17.9 Å². The molecule has 0 spiro atoms. The summed E-state index contributed by atoms with van der Waals surface area (Å²) in [5, 5.41) is 11.6. The lowest BCUT2D eigenvalue weighted by Gasteiger charge is -2.09. The molecule has 12 heteroatoms. The first-order valence-corrected chi connectivity index (χ1v) is 7.90. The predicted octanol–water partition coefficient (Wildman–Crippen LogP) is 4.18. The third-order valence-electron chi connectivity index (χ3n) is 3.43. The van der Waals surface area contributed by atoms with Gasteiger partial charge in [0.25, 0.3) is 0 Å². The summed E-state index contributed by atoms with van der Waals surface area (Å²) in [7, 11) is 0. The normalized spacial score (nSPS) is 10.4. The minimum Gasteiger partial charge on any atom is -0.406 e. The quantitative estimate of drug-likeness (QED) is 0.216. The summed E-state index contributed by atoms with van der Waals surface area (Å²) in [6, 6.07) is 12.6. The van der Waals surface area contributed by atoms with Crippen molar-refractivity contribution in [2.75, 3.05) is 0 Å². The number of amidine groups is 1. The average Bonchev–Trinajstić information content (AvgIpc) is 3.12. The van der Waals surface area contributed by atoms with Crippen molar-refractivity contribution in [2.45, 2.75) is 12.8 Å². The van der Waals surface area contributed by atoms with Crippen LogP contribution in [0.1, 0.15) is 5.56 Å². The van der Waals surface area contributed by atoms with Gasteiger partial charge in [0.2, 0.25) is 0 Å². The van der Waals surface area contributed by atoms with E-state index in [1.807, 2.05) is 24.3 Å². The van der Waals surface area contributed by atoms with E-state index in [9.17, 15) is 13.2 Å². The fourth-order valence-electron chi connectivity index (χ4n) is 2.31. The highest BCUT2D eigenvalue weighted by atomic mass is 19.4. The molecule has 0 aliphatic carbocycles. The van der Waals surface area contributed by atoms with Gasteiger partial charge < -0.3 is 21.5 Å². The zero-order chi connectivity index (χ0) is 21.4. The van der Waals surface area contributed by atoms with E-state index in [0.717, 1.165) is 11.1 Å². The maximum Gasteiger partial charge on any atom is 0.573 e. The van der Waals surface area contributed by atoms with Crippen LogP contribution < -0.4 is 10.5 Å². The molecule has 0 saturated carbocycles. The molecule has 0 atom stereocenters. The number of hydrogen-bond acceptors (Lipinski definition) is 4. The Morgan fingerprint density at radius 3 is 2.21 bits per heavy atom. The van der Waals surface area contributed by atoms with Crippen molar-refractivity contribution in [3.05, 3.63) is 76.4 Å². The highest BCUT2D eigenvalue weighted by Gasteiger charge is 2.30. The van der Waals surface area contributed by atoms with Gasteiger partial charge in [-0.1, -0.05) is 24.3 Å². The van der Waals surface area contributed by atoms with E-state index < -0.39 is 6.36 Å². The zero-order valence-corrected chi connectivity index (χ0v) is 14.7. The number of rotatable bonds is 5. The van der Waals surface area contributed by atoms with Crippen LogP contribution >= 0.6 is 0 Å². The number of nitrogens with two attached hydrogens (primary N) is 1. The van der Waals surface area contributed by atoms with E-state index >= 15 is 0 Å². The number of ether oxygens (including phenoxy) is 1. The van der Waals surface area contributed by atoms with Crippen molar-refractivity contribution in [1.82, 2.24) is 14.8 Å². The fourth-order valence-corrected chi connectivity index (χ4v) is 2.31. The van der Waals surface area contributed by atoms with Gasteiger partial charge in [-0.3, -0.25) is 10.3 Å². The Kier molecular flexibility index (Phi) is 6.77. The second-order valence-electron chi connectivity index (χ2n) is 5.54. The number of benzene rings is 2. The van der Waals surface area contributed by atoms with E-state index in [0.29, 0.717) is 17.9 Å². The first-order chi connectivity index (χ1) is 13.7. The molecular weight excluding hydrogens is 389 g/mol. The molecule has 1 aromatic heterocycles. The van der Waals surface area contributed by atoms with Gasteiger partial charge in [-0.05, 0) is 29.8 Å². The topological polar surface area (TPSA) is 149 Å². The van der Waals surface area contributed by atoms with Crippen LogP contribution in [0.5, 0.6) is 5.75 Å². The summed E-state index contributed by atoms with van der Waals surface area (Å²) in [6.45, 7) is 0. The first-order valence-electron chi connectivity index (χ1n) is 7.90. The Morgan fingerprint density at radius 1 is 1.10 bits per heavy atom. The van der Waals surface area contributed by atoms with Gasteiger partial charge in [0.1, 0.15) is 12.1 Å². The largest absolute Gasteiger partial charge is 0.573 e.